The molecule has 2 saturated heterocycles. The molecule has 2 aliphatic rings. The Labute approximate surface area is 249 Å². The number of carbonyl (C=O) groups excluding carboxylic acids is 1. The van der Waals surface area contributed by atoms with Crippen molar-refractivity contribution in [2.24, 2.45) is 0 Å². The van der Waals surface area contributed by atoms with E-state index in [1.165, 1.54) is 0 Å². The maximum absolute atomic E-state index is 12.8. The van der Waals surface area contributed by atoms with Gasteiger partial charge in [0.1, 0.15) is 18.5 Å². The first-order valence-electron chi connectivity index (χ1n) is 13.5. The molecule has 0 unspecified atom stereocenters. The maximum Gasteiger partial charge on any atom is 0.253 e. The largest absolute Gasteiger partial charge is 0.491 e. The molecule has 10 heteroatoms. The van der Waals surface area contributed by atoms with Gasteiger partial charge in [-0.05, 0) is 48.5 Å². The molecule has 1 amide bonds. The molecule has 1 aromatic heterocycles. The second-order valence-corrected chi connectivity index (χ2v) is 11.0. The first kappa shape index (κ1) is 27.6. The minimum atomic E-state index is -1.09. The minimum Gasteiger partial charge on any atom is -0.491 e. The fourth-order valence-electron chi connectivity index (χ4n) is 5.25. The summed E-state index contributed by atoms with van der Waals surface area (Å²) < 4.78 is 20.7. The molecule has 8 nitrogen and oxygen atoms in total. The van der Waals surface area contributed by atoms with Crippen LogP contribution < -0.4 is 9.64 Å². The number of ether oxygens (including phenoxy) is 3. The van der Waals surface area contributed by atoms with Gasteiger partial charge in [-0.15, -0.1) is 0 Å². The topological polar surface area (TPSA) is 69.1 Å². The molecule has 0 spiro atoms. The van der Waals surface area contributed by atoms with E-state index in [1.807, 2.05) is 76.3 Å². The Morgan fingerprint density at radius 1 is 1.00 bits per heavy atom. The van der Waals surface area contributed by atoms with Crippen molar-refractivity contribution < 1.29 is 19.0 Å². The molecular formula is C31H30Cl2N4O4. The van der Waals surface area contributed by atoms with Gasteiger partial charge in [-0.3, -0.25) is 4.79 Å². The lowest BCUT2D eigenvalue weighted by Crippen LogP contribution is -2.48. The first-order chi connectivity index (χ1) is 20.0. The van der Waals surface area contributed by atoms with Crippen molar-refractivity contribution in [3.63, 3.8) is 0 Å². The van der Waals surface area contributed by atoms with E-state index >= 15 is 0 Å². The van der Waals surface area contributed by atoms with E-state index in [-0.39, 0.29) is 12.0 Å². The smallest absolute Gasteiger partial charge is 0.253 e. The molecular weight excluding hydrogens is 563 g/mol. The maximum atomic E-state index is 12.8. The number of rotatable bonds is 8. The van der Waals surface area contributed by atoms with Gasteiger partial charge in [-0.1, -0.05) is 47.5 Å². The number of amides is 1. The van der Waals surface area contributed by atoms with Gasteiger partial charge in [0.25, 0.3) is 5.91 Å². The van der Waals surface area contributed by atoms with Crippen LogP contribution >= 0.6 is 23.2 Å². The minimum absolute atomic E-state index is 0.0829. The summed E-state index contributed by atoms with van der Waals surface area (Å²) in [6, 6.07) is 22.8. The van der Waals surface area contributed by atoms with E-state index in [2.05, 4.69) is 9.88 Å². The van der Waals surface area contributed by atoms with Crippen LogP contribution in [0.1, 0.15) is 15.9 Å². The van der Waals surface area contributed by atoms with E-state index in [1.54, 1.807) is 24.7 Å². The van der Waals surface area contributed by atoms with Crippen LogP contribution in [0.4, 0.5) is 5.69 Å². The van der Waals surface area contributed by atoms with Crippen LogP contribution in [-0.2, 0) is 21.8 Å². The SMILES string of the molecule is O=C(c1ccccc1)N1CCN(c2ccc(OC[C@@H]3CO[C@@](Cn4ccnc4)(c4ccc(Cl)cc4Cl)O3)cc2)CC1. The number of piperazine rings is 1. The summed E-state index contributed by atoms with van der Waals surface area (Å²) in [4.78, 5) is 21.1. The molecule has 0 N–H and O–H groups in total. The predicted octanol–water partition coefficient (Wildman–Crippen LogP) is 5.50. The highest BCUT2D eigenvalue weighted by molar-refractivity contribution is 6.35. The number of halogens is 2. The summed E-state index contributed by atoms with van der Waals surface area (Å²) in [6.07, 6.45) is 4.97. The third kappa shape index (κ3) is 6.21. The molecule has 2 atom stereocenters. The van der Waals surface area contributed by atoms with E-state index in [0.29, 0.717) is 48.5 Å². The lowest BCUT2D eigenvalue weighted by molar-refractivity contribution is -0.189. The van der Waals surface area contributed by atoms with E-state index in [9.17, 15) is 4.79 Å². The standard InChI is InChI=1S/C31H30Cl2N4O4/c32-24-6-11-28(29(33)18-24)31(21-35-13-12-34-22-35)40-20-27(41-31)19-39-26-9-7-25(8-10-26)36-14-16-37(17-15-36)30(38)23-4-2-1-3-5-23/h1-13,18,22,27H,14-17,19-21H2/t27-,31-/m1/s1. The molecule has 3 aromatic carbocycles. The highest BCUT2D eigenvalue weighted by Crippen LogP contribution is 2.40. The van der Waals surface area contributed by atoms with Gasteiger partial charge in [0, 0.05) is 60.4 Å². The highest BCUT2D eigenvalue weighted by Gasteiger charge is 2.45. The van der Waals surface area contributed by atoms with Gasteiger partial charge in [-0.25, -0.2) is 4.98 Å². The number of carbonyl (C=O) groups is 1. The van der Waals surface area contributed by atoms with Crippen molar-refractivity contribution in [3.8, 4) is 5.75 Å². The zero-order valence-corrected chi connectivity index (χ0v) is 23.9. The summed E-state index contributed by atoms with van der Waals surface area (Å²) in [6.45, 7) is 3.96. The van der Waals surface area contributed by atoms with Crippen molar-refractivity contribution in [1.82, 2.24) is 14.5 Å². The number of hydrogen-bond donors (Lipinski definition) is 0. The first-order valence-corrected chi connectivity index (χ1v) is 14.3. The van der Waals surface area contributed by atoms with Crippen LogP contribution in [0.3, 0.4) is 0 Å². The monoisotopic (exact) mass is 592 g/mol. The number of aromatic nitrogens is 2. The molecule has 4 aromatic rings. The molecule has 0 aliphatic carbocycles. The number of benzene rings is 3. The van der Waals surface area contributed by atoms with Crippen LogP contribution in [0.5, 0.6) is 5.75 Å². The van der Waals surface area contributed by atoms with Gasteiger partial charge in [-0.2, -0.15) is 0 Å². The number of nitrogens with zero attached hydrogens (tertiary/aromatic N) is 4. The Morgan fingerprint density at radius 2 is 1.78 bits per heavy atom. The normalized spacial score (nSPS) is 20.8. The molecule has 212 valence electrons. The van der Waals surface area contributed by atoms with Crippen molar-refractivity contribution in [3.05, 3.63) is 113 Å². The molecule has 0 saturated carbocycles. The van der Waals surface area contributed by atoms with Gasteiger partial charge < -0.3 is 28.6 Å². The van der Waals surface area contributed by atoms with E-state index < -0.39 is 5.79 Å². The fourth-order valence-corrected chi connectivity index (χ4v) is 5.80. The highest BCUT2D eigenvalue weighted by atomic mass is 35.5. The molecule has 2 fully saturated rings. The van der Waals surface area contributed by atoms with Crippen LogP contribution in [0.15, 0.2) is 91.5 Å². The molecule has 41 heavy (non-hydrogen) atoms. The predicted molar refractivity (Wildman–Crippen MR) is 158 cm³/mol. The molecule has 3 heterocycles. The summed E-state index contributed by atoms with van der Waals surface area (Å²) in [5.41, 5.74) is 2.53. The van der Waals surface area contributed by atoms with Gasteiger partial charge in [0.2, 0.25) is 5.79 Å². The molecule has 2 aliphatic heterocycles. The van der Waals surface area contributed by atoms with E-state index in [4.69, 9.17) is 37.4 Å². The Kier molecular flexibility index (Phi) is 8.16. The van der Waals surface area contributed by atoms with Crippen LogP contribution in [0.2, 0.25) is 10.0 Å². The number of anilines is 1. The molecule has 6 rings (SSSR count). The van der Waals surface area contributed by atoms with Gasteiger partial charge >= 0.3 is 0 Å². The average molecular weight is 594 g/mol. The Morgan fingerprint density at radius 3 is 2.49 bits per heavy atom. The zero-order valence-electron chi connectivity index (χ0n) is 22.4. The second kappa shape index (κ2) is 12.1. The lowest BCUT2D eigenvalue weighted by atomic mass is 10.1. The van der Waals surface area contributed by atoms with Crippen LogP contribution in [0, 0.1) is 0 Å². The fraction of sp³-hybridized carbons (Fsp3) is 0.290. The number of hydrogen-bond acceptors (Lipinski definition) is 6. The average Bonchev–Trinajstić information content (AvgIpc) is 3.67. The van der Waals surface area contributed by atoms with E-state index in [0.717, 1.165) is 30.1 Å². The van der Waals surface area contributed by atoms with Crippen molar-refractivity contribution >= 4 is 34.8 Å². The third-order valence-electron chi connectivity index (χ3n) is 7.38. The van der Waals surface area contributed by atoms with Gasteiger partial charge in [0.15, 0.2) is 0 Å². The Balaban J connectivity index is 1.05. The second-order valence-electron chi connectivity index (χ2n) is 10.1. The number of imidazole rings is 1. The van der Waals surface area contributed by atoms with Crippen LogP contribution in [0.25, 0.3) is 0 Å². The summed E-state index contributed by atoms with van der Waals surface area (Å²) >= 11 is 12.7. The summed E-state index contributed by atoms with van der Waals surface area (Å²) in [5, 5.41) is 1.01. The zero-order chi connectivity index (χ0) is 28.2. The summed E-state index contributed by atoms with van der Waals surface area (Å²) in [5.74, 6) is -0.268. The molecule has 0 bridgehead atoms. The Bertz CT molecular complexity index is 1460. The van der Waals surface area contributed by atoms with Crippen molar-refractivity contribution in [2.75, 3.05) is 44.3 Å². The Hall–Kier alpha value is -3.56. The van der Waals surface area contributed by atoms with Crippen molar-refractivity contribution in [2.45, 2.75) is 18.4 Å². The summed E-state index contributed by atoms with van der Waals surface area (Å²) in [7, 11) is 0. The van der Waals surface area contributed by atoms with Crippen molar-refractivity contribution in [1.29, 1.82) is 0 Å². The quantitative estimate of drug-likeness (QED) is 0.269. The molecule has 0 radical (unpaired) electrons. The lowest BCUT2D eigenvalue weighted by Gasteiger charge is -2.36. The third-order valence-corrected chi connectivity index (χ3v) is 7.92. The van der Waals surface area contributed by atoms with Gasteiger partial charge in [0.05, 0.1) is 24.5 Å². The van der Waals surface area contributed by atoms with Crippen LogP contribution in [-0.4, -0.2) is 65.9 Å².